The van der Waals surface area contributed by atoms with Gasteiger partial charge in [0.05, 0.1) is 12.3 Å². The third kappa shape index (κ3) is 5.70. The van der Waals surface area contributed by atoms with Crippen LogP contribution in [0, 0.1) is 0 Å². The van der Waals surface area contributed by atoms with Gasteiger partial charge in [0, 0.05) is 36.1 Å². The molecular formula is C25H27N5O2. The highest BCUT2D eigenvalue weighted by atomic mass is 16.5. The Kier molecular flexibility index (Phi) is 6.77. The largest absolute Gasteiger partial charge is 0.493 e. The first-order valence-electron chi connectivity index (χ1n) is 10.6. The number of aromatic nitrogens is 2. The molecule has 3 aromatic rings. The number of hydrogen-bond donors (Lipinski definition) is 2. The van der Waals surface area contributed by atoms with E-state index >= 15 is 0 Å². The summed E-state index contributed by atoms with van der Waals surface area (Å²) in [6, 6.07) is 15.4. The molecule has 0 atom stereocenters. The van der Waals surface area contributed by atoms with Crippen molar-refractivity contribution in [2.45, 2.75) is 6.42 Å². The number of benzene rings is 2. The first kappa shape index (κ1) is 21.5. The van der Waals surface area contributed by atoms with E-state index in [9.17, 15) is 4.79 Å². The number of anilines is 2. The van der Waals surface area contributed by atoms with E-state index in [4.69, 9.17) is 4.74 Å². The van der Waals surface area contributed by atoms with Crippen molar-refractivity contribution in [2.24, 2.45) is 0 Å². The summed E-state index contributed by atoms with van der Waals surface area (Å²) in [7, 11) is 3.95. The lowest BCUT2D eigenvalue weighted by Crippen LogP contribution is -2.31. The number of carbonyl (C=O) groups excluding carboxylic acids is 1. The summed E-state index contributed by atoms with van der Waals surface area (Å²) in [6.07, 6.45) is 6.51. The first-order chi connectivity index (χ1) is 15.6. The molecule has 1 aromatic heterocycles. The molecule has 0 saturated heterocycles. The normalized spacial score (nSPS) is 13.8. The Morgan fingerprint density at radius 1 is 1.19 bits per heavy atom. The van der Waals surface area contributed by atoms with E-state index in [-0.39, 0.29) is 5.91 Å². The summed E-state index contributed by atoms with van der Waals surface area (Å²) in [4.78, 5) is 23.8. The molecule has 1 amide bonds. The molecule has 7 heteroatoms. The second-order valence-electron chi connectivity index (χ2n) is 7.86. The van der Waals surface area contributed by atoms with Gasteiger partial charge in [0.1, 0.15) is 5.75 Å². The van der Waals surface area contributed by atoms with Crippen LogP contribution in [0.2, 0.25) is 0 Å². The minimum atomic E-state index is -0.114. The maximum absolute atomic E-state index is 12.7. The highest BCUT2D eigenvalue weighted by Crippen LogP contribution is 2.25. The van der Waals surface area contributed by atoms with Gasteiger partial charge in [0.25, 0.3) is 5.91 Å². The second-order valence-corrected chi connectivity index (χ2v) is 7.86. The van der Waals surface area contributed by atoms with Crippen LogP contribution in [-0.2, 0) is 0 Å². The molecule has 7 nitrogen and oxygen atoms in total. The number of nitrogens with zero attached hydrogens (tertiary/aromatic N) is 3. The van der Waals surface area contributed by atoms with Crippen LogP contribution in [0.4, 0.5) is 11.6 Å². The molecule has 164 valence electrons. The minimum Gasteiger partial charge on any atom is -0.493 e. The Labute approximate surface area is 188 Å². The number of carbonyl (C=O) groups is 1. The van der Waals surface area contributed by atoms with E-state index in [0.717, 1.165) is 41.2 Å². The summed E-state index contributed by atoms with van der Waals surface area (Å²) in [6.45, 7) is 1.91. The van der Waals surface area contributed by atoms with E-state index in [2.05, 4.69) is 20.6 Å². The monoisotopic (exact) mass is 429 g/mol. The van der Waals surface area contributed by atoms with Crippen molar-refractivity contribution in [2.75, 3.05) is 39.1 Å². The quantitative estimate of drug-likeness (QED) is 0.653. The molecule has 0 fully saturated rings. The Balaban J connectivity index is 1.66. The Morgan fingerprint density at radius 3 is 2.97 bits per heavy atom. The summed E-state index contributed by atoms with van der Waals surface area (Å²) >= 11 is 0. The van der Waals surface area contributed by atoms with E-state index in [1.54, 1.807) is 6.20 Å². The molecule has 0 radical (unpaired) electrons. The van der Waals surface area contributed by atoms with Gasteiger partial charge in [-0.1, -0.05) is 24.3 Å². The van der Waals surface area contributed by atoms with Gasteiger partial charge in [-0.25, -0.2) is 9.97 Å². The van der Waals surface area contributed by atoms with E-state index in [1.807, 2.05) is 79.7 Å². The predicted molar refractivity (Wildman–Crippen MR) is 127 cm³/mol. The number of likely N-dealkylation sites (N-methyl/N-ethyl adjacent to an activating group) is 1. The van der Waals surface area contributed by atoms with Crippen LogP contribution in [0.5, 0.6) is 5.75 Å². The van der Waals surface area contributed by atoms with Crippen LogP contribution >= 0.6 is 0 Å². The van der Waals surface area contributed by atoms with Gasteiger partial charge in [-0.15, -0.1) is 0 Å². The fourth-order valence-corrected chi connectivity index (χ4v) is 3.36. The van der Waals surface area contributed by atoms with E-state index in [1.165, 1.54) is 0 Å². The van der Waals surface area contributed by atoms with Crippen LogP contribution in [0.1, 0.15) is 22.3 Å². The van der Waals surface area contributed by atoms with Gasteiger partial charge in [-0.2, -0.15) is 0 Å². The average molecular weight is 430 g/mol. The lowest BCUT2D eigenvalue weighted by atomic mass is 10.1. The van der Waals surface area contributed by atoms with Crippen molar-refractivity contribution in [3.63, 3.8) is 0 Å². The summed E-state index contributed by atoms with van der Waals surface area (Å²) < 4.78 is 5.90. The average Bonchev–Trinajstić information content (AvgIpc) is 2.78. The molecule has 0 aliphatic carbocycles. The Hall–Kier alpha value is -3.71. The van der Waals surface area contributed by atoms with Gasteiger partial charge >= 0.3 is 0 Å². The highest BCUT2D eigenvalue weighted by Gasteiger charge is 2.10. The lowest BCUT2D eigenvalue weighted by molar-refractivity contribution is 0.0951. The fraction of sp³-hybridized carbons (Fsp3) is 0.240. The summed E-state index contributed by atoms with van der Waals surface area (Å²) in [5.74, 6) is 1.15. The van der Waals surface area contributed by atoms with Gasteiger partial charge in [0.15, 0.2) is 0 Å². The zero-order valence-electron chi connectivity index (χ0n) is 18.3. The molecule has 0 spiro atoms. The van der Waals surface area contributed by atoms with Crippen molar-refractivity contribution in [3.8, 4) is 17.0 Å². The van der Waals surface area contributed by atoms with Crippen LogP contribution < -0.4 is 15.4 Å². The maximum Gasteiger partial charge on any atom is 0.251 e. The number of rotatable bonds is 4. The number of hydrogen-bond acceptors (Lipinski definition) is 6. The molecule has 6 bridgehead atoms. The van der Waals surface area contributed by atoms with Crippen molar-refractivity contribution in [3.05, 3.63) is 71.9 Å². The van der Waals surface area contributed by atoms with Crippen molar-refractivity contribution >= 4 is 23.6 Å². The Morgan fingerprint density at radius 2 is 2.09 bits per heavy atom. The molecule has 32 heavy (non-hydrogen) atoms. The van der Waals surface area contributed by atoms with Crippen molar-refractivity contribution < 1.29 is 9.53 Å². The van der Waals surface area contributed by atoms with Crippen molar-refractivity contribution in [1.82, 2.24) is 20.2 Å². The van der Waals surface area contributed by atoms with Crippen LogP contribution in [-0.4, -0.2) is 54.6 Å². The molecule has 2 aromatic carbocycles. The summed E-state index contributed by atoms with van der Waals surface area (Å²) in [5.41, 5.74) is 3.99. The van der Waals surface area contributed by atoms with Gasteiger partial charge < -0.3 is 20.3 Å². The summed E-state index contributed by atoms with van der Waals surface area (Å²) in [5, 5.41) is 6.23. The molecule has 1 aliphatic rings. The highest BCUT2D eigenvalue weighted by molar-refractivity contribution is 5.96. The van der Waals surface area contributed by atoms with Crippen LogP contribution in [0.15, 0.2) is 60.8 Å². The van der Waals surface area contributed by atoms with Gasteiger partial charge in [-0.05, 0) is 62.5 Å². The zero-order chi connectivity index (χ0) is 22.3. The molecular weight excluding hydrogens is 402 g/mol. The molecule has 2 heterocycles. The van der Waals surface area contributed by atoms with Gasteiger partial charge in [-0.3, -0.25) is 4.79 Å². The number of ether oxygens (including phenoxy) is 1. The fourth-order valence-electron chi connectivity index (χ4n) is 3.36. The topological polar surface area (TPSA) is 79.4 Å². The maximum atomic E-state index is 12.7. The van der Waals surface area contributed by atoms with Crippen LogP contribution in [0.3, 0.4) is 0 Å². The molecule has 0 unspecified atom stereocenters. The van der Waals surface area contributed by atoms with Crippen molar-refractivity contribution in [1.29, 1.82) is 0 Å². The SMILES string of the molecule is CN(C)CCNC(=O)c1cc2cc(c1)Nc1nccc(n1)-c1cccc(c1)OCC/C=C/2. The third-order valence-electron chi connectivity index (χ3n) is 4.97. The number of nitrogens with one attached hydrogen (secondary N) is 2. The van der Waals surface area contributed by atoms with Gasteiger partial charge in [0.2, 0.25) is 5.95 Å². The zero-order valence-corrected chi connectivity index (χ0v) is 18.3. The number of fused-ring (bicyclic) bond motifs is 7. The standard InChI is InChI=1S/C25H27N5O2/c1-30(2)12-11-26-24(31)20-14-18-6-3-4-13-32-22-8-5-7-19(17-22)23-9-10-27-25(29-23)28-21(15-18)16-20/h3,5-10,14-17H,4,11-13H2,1-2H3,(H,26,31)(H,27,28,29)/b6-3+. The smallest absolute Gasteiger partial charge is 0.251 e. The van der Waals surface area contributed by atoms with Crippen LogP contribution in [0.25, 0.3) is 17.3 Å². The first-order valence-corrected chi connectivity index (χ1v) is 10.6. The molecule has 4 rings (SSSR count). The molecule has 0 saturated carbocycles. The minimum absolute atomic E-state index is 0.114. The third-order valence-corrected chi connectivity index (χ3v) is 4.97. The Bertz CT molecular complexity index is 1130. The lowest BCUT2D eigenvalue weighted by Gasteiger charge is -2.12. The molecule has 1 aliphatic heterocycles. The molecule has 2 N–H and O–H groups in total. The van der Waals surface area contributed by atoms with E-state index in [0.29, 0.717) is 24.7 Å². The predicted octanol–water partition coefficient (Wildman–Crippen LogP) is 3.97. The van der Waals surface area contributed by atoms with E-state index < -0.39 is 0 Å². The number of amides is 1. The second kappa shape index (κ2) is 10.1.